The Morgan fingerprint density at radius 2 is 1.92 bits per heavy atom. The lowest BCUT2D eigenvalue weighted by molar-refractivity contribution is 0.421. The molecule has 0 bridgehead atoms. The molecule has 1 aromatic heterocycles. The molecule has 0 aliphatic rings. The third-order valence-electron chi connectivity index (χ3n) is 2.49. The van der Waals surface area contributed by atoms with Crippen LogP contribution in [-0.4, -0.2) is 0 Å². The Morgan fingerprint density at radius 3 is 2.25 bits per heavy atom. The molecule has 0 saturated carbocycles. The molecule has 0 unspecified atom stereocenters. The first-order valence-corrected chi connectivity index (χ1v) is 5.30. The molecule has 1 aromatic rings. The van der Waals surface area contributed by atoms with Crippen LogP contribution in [0.4, 0.5) is 0 Å². The molecular weight excluding hydrogens is 166 g/mol. The summed E-state index contributed by atoms with van der Waals surface area (Å²) in [6.45, 7) is 6.43. The van der Waals surface area contributed by atoms with E-state index in [0.717, 1.165) is 12.8 Å². The third-order valence-corrected chi connectivity index (χ3v) is 3.71. The number of hydrogen-bond acceptors (Lipinski definition) is 2. The topological polar surface area (TPSA) is 26.0 Å². The molecule has 1 heterocycles. The van der Waals surface area contributed by atoms with Crippen LogP contribution in [0, 0.1) is 6.92 Å². The average molecular weight is 183 g/mol. The number of hydrogen-bond donors (Lipinski definition) is 1. The summed E-state index contributed by atoms with van der Waals surface area (Å²) in [6.07, 6.45) is 2.03. The van der Waals surface area contributed by atoms with Crippen LogP contribution in [0.15, 0.2) is 12.1 Å². The predicted molar refractivity (Wildman–Crippen MR) is 55.5 cm³/mol. The number of rotatable bonds is 3. The maximum Gasteiger partial charge on any atom is 0.0498 e. The van der Waals surface area contributed by atoms with Gasteiger partial charge in [0.05, 0.1) is 0 Å². The highest BCUT2D eigenvalue weighted by Crippen LogP contribution is 2.31. The van der Waals surface area contributed by atoms with Gasteiger partial charge in [-0.3, -0.25) is 0 Å². The van der Waals surface area contributed by atoms with Crippen LogP contribution in [0.1, 0.15) is 36.4 Å². The number of aryl methyl sites for hydroxylation is 1. The monoisotopic (exact) mass is 183 g/mol. The number of nitrogens with two attached hydrogens (primary N) is 1. The lowest BCUT2D eigenvalue weighted by Crippen LogP contribution is -2.33. The van der Waals surface area contributed by atoms with Crippen molar-refractivity contribution in [1.29, 1.82) is 0 Å². The second-order valence-electron chi connectivity index (χ2n) is 3.27. The Labute approximate surface area is 78.6 Å². The molecule has 0 fully saturated rings. The zero-order valence-corrected chi connectivity index (χ0v) is 8.87. The van der Waals surface area contributed by atoms with E-state index in [-0.39, 0.29) is 5.54 Å². The smallest absolute Gasteiger partial charge is 0.0498 e. The van der Waals surface area contributed by atoms with Crippen molar-refractivity contribution in [2.75, 3.05) is 0 Å². The third kappa shape index (κ3) is 1.70. The highest BCUT2D eigenvalue weighted by molar-refractivity contribution is 7.12. The molecule has 2 N–H and O–H groups in total. The van der Waals surface area contributed by atoms with Crippen molar-refractivity contribution in [3.8, 4) is 0 Å². The van der Waals surface area contributed by atoms with Crippen LogP contribution in [-0.2, 0) is 5.54 Å². The van der Waals surface area contributed by atoms with Gasteiger partial charge in [0.15, 0.2) is 0 Å². The Bertz CT molecular complexity index is 248. The second kappa shape index (κ2) is 3.58. The molecule has 0 radical (unpaired) electrons. The van der Waals surface area contributed by atoms with E-state index in [1.807, 2.05) is 11.3 Å². The van der Waals surface area contributed by atoms with Crippen molar-refractivity contribution in [2.45, 2.75) is 39.2 Å². The molecule has 0 saturated heterocycles. The van der Waals surface area contributed by atoms with Crippen LogP contribution in [0.5, 0.6) is 0 Å². The molecule has 1 rings (SSSR count). The van der Waals surface area contributed by atoms with Gasteiger partial charge in [0, 0.05) is 15.3 Å². The largest absolute Gasteiger partial charge is 0.321 e. The minimum absolute atomic E-state index is 0.0844. The predicted octanol–water partition coefficient (Wildman–Crippen LogP) is 3.03. The maximum absolute atomic E-state index is 6.24. The fraction of sp³-hybridized carbons (Fsp3) is 0.600. The van der Waals surface area contributed by atoms with Crippen LogP contribution in [0.3, 0.4) is 0 Å². The van der Waals surface area contributed by atoms with Crippen molar-refractivity contribution in [3.63, 3.8) is 0 Å². The normalized spacial score (nSPS) is 12.0. The molecule has 0 aliphatic heterocycles. The first kappa shape index (κ1) is 9.75. The fourth-order valence-electron chi connectivity index (χ4n) is 1.30. The van der Waals surface area contributed by atoms with E-state index in [9.17, 15) is 0 Å². The van der Waals surface area contributed by atoms with Gasteiger partial charge in [-0.15, -0.1) is 11.3 Å². The summed E-state index contributed by atoms with van der Waals surface area (Å²) in [6, 6.07) is 4.31. The SMILES string of the molecule is CCC(N)(CC)c1ccc(C)s1. The zero-order valence-electron chi connectivity index (χ0n) is 8.05. The van der Waals surface area contributed by atoms with Gasteiger partial charge in [-0.25, -0.2) is 0 Å². The minimum atomic E-state index is -0.0844. The van der Waals surface area contributed by atoms with E-state index in [0.29, 0.717) is 0 Å². The van der Waals surface area contributed by atoms with Gasteiger partial charge in [0.2, 0.25) is 0 Å². The molecule has 2 heteroatoms. The molecule has 0 spiro atoms. The summed E-state index contributed by atoms with van der Waals surface area (Å²) >= 11 is 1.82. The molecule has 0 aliphatic carbocycles. The van der Waals surface area contributed by atoms with E-state index in [1.165, 1.54) is 9.75 Å². The zero-order chi connectivity index (χ0) is 9.19. The van der Waals surface area contributed by atoms with Crippen molar-refractivity contribution in [3.05, 3.63) is 21.9 Å². The van der Waals surface area contributed by atoms with Gasteiger partial charge >= 0.3 is 0 Å². The van der Waals surface area contributed by atoms with E-state index >= 15 is 0 Å². The van der Waals surface area contributed by atoms with Gasteiger partial charge < -0.3 is 5.73 Å². The lowest BCUT2D eigenvalue weighted by Gasteiger charge is -2.24. The second-order valence-corrected chi connectivity index (χ2v) is 4.56. The Kier molecular flexibility index (Phi) is 2.91. The van der Waals surface area contributed by atoms with Crippen LogP contribution in [0.2, 0.25) is 0 Å². The van der Waals surface area contributed by atoms with Crippen molar-refractivity contribution in [1.82, 2.24) is 0 Å². The highest BCUT2D eigenvalue weighted by atomic mass is 32.1. The van der Waals surface area contributed by atoms with E-state index in [2.05, 4.69) is 32.9 Å². The van der Waals surface area contributed by atoms with Crippen LogP contribution < -0.4 is 5.73 Å². The molecule has 68 valence electrons. The van der Waals surface area contributed by atoms with Gasteiger partial charge in [-0.05, 0) is 31.9 Å². The van der Waals surface area contributed by atoms with E-state index < -0.39 is 0 Å². The van der Waals surface area contributed by atoms with Crippen LogP contribution >= 0.6 is 11.3 Å². The van der Waals surface area contributed by atoms with Gasteiger partial charge in [-0.2, -0.15) is 0 Å². The lowest BCUT2D eigenvalue weighted by atomic mass is 9.92. The Hall–Kier alpha value is -0.340. The summed E-state index contributed by atoms with van der Waals surface area (Å²) in [5.41, 5.74) is 6.16. The standard InChI is InChI=1S/C10H17NS/c1-4-10(11,5-2)9-7-6-8(3)12-9/h6-7H,4-5,11H2,1-3H3. The van der Waals surface area contributed by atoms with Gasteiger partial charge in [0.25, 0.3) is 0 Å². The maximum atomic E-state index is 6.24. The summed E-state index contributed by atoms with van der Waals surface area (Å²) < 4.78 is 0. The summed E-state index contributed by atoms with van der Waals surface area (Å²) in [7, 11) is 0. The summed E-state index contributed by atoms with van der Waals surface area (Å²) in [5.74, 6) is 0. The van der Waals surface area contributed by atoms with Crippen molar-refractivity contribution >= 4 is 11.3 Å². The van der Waals surface area contributed by atoms with E-state index in [1.54, 1.807) is 0 Å². The Balaban J connectivity index is 2.94. The summed E-state index contributed by atoms with van der Waals surface area (Å²) in [4.78, 5) is 2.67. The average Bonchev–Trinajstić information content (AvgIpc) is 2.51. The minimum Gasteiger partial charge on any atom is -0.321 e. The molecular formula is C10H17NS. The van der Waals surface area contributed by atoms with Crippen LogP contribution in [0.25, 0.3) is 0 Å². The fourth-order valence-corrected chi connectivity index (χ4v) is 2.41. The van der Waals surface area contributed by atoms with Crippen molar-refractivity contribution < 1.29 is 0 Å². The molecule has 12 heavy (non-hydrogen) atoms. The molecule has 0 aromatic carbocycles. The Morgan fingerprint density at radius 1 is 1.33 bits per heavy atom. The van der Waals surface area contributed by atoms with Gasteiger partial charge in [0.1, 0.15) is 0 Å². The molecule has 0 atom stereocenters. The quantitative estimate of drug-likeness (QED) is 0.766. The molecule has 1 nitrogen and oxygen atoms in total. The van der Waals surface area contributed by atoms with Crippen molar-refractivity contribution in [2.24, 2.45) is 5.73 Å². The number of thiophene rings is 1. The van der Waals surface area contributed by atoms with Gasteiger partial charge in [-0.1, -0.05) is 13.8 Å². The first-order chi connectivity index (χ1) is 5.62. The highest BCUT2D eigenvalue weighted by Gasteiger charge is 2.23. The summed E-state index contributed by atoms with van der Waals surface area (Å²) in [5, 5.41) is 0. The van der Waals surface area contributed by atoms with E-state index in [4.69, 9.17) is 5.73 Å². The first-order valence-electron chi connectivity index (χ1n) is 4.48. The molecule has 0 amide bonds.